The average molecular weight is 481 g/mol. The minimum atomic E-state index is -0.611. The van der Waals surface area contributed by atoms with Crippen LogP contribution in [0.1, 0.15) is 30.9 Å². The summed E-state index contributed by atoms with van der Waals surface area (Å²) in [6.07, 6.45) is 6.56. The summed E-state index contributed by atoms with van der Waals surface area (Å²) in [5, 5.41) is 3.24. The minimum Gasteiger partial charge on any atom is -0.421 e. The van der Waals surface area contributed by atoms with Crippen molar-refractivity contribution in [2.24, 2.45) is 10.9 Å². The van der Waals surface area contributed by atoms with E-state index in [1.165, 1.54) is 18.4 Å². The quantitative estimate of drug-likeness (QED) is 0.593. The van der Waals surface area contributed by atoms with Crippen molar-refractivity contribution >= 4 is 23.5 Å². The first-order chi connectivity index (χ1) is 16.8. The zero-order chi connectivity index (χ0) is 24.7. The number of amidine groups is 1. The number of rotatable bonds is 8. The Hall–Kier alpha value is -3.33. The average Bonchev–Trinajstić information content (AvgIpc) is 3.43. The number of likely N-dealkylation sites (N-methyl/N-ethyl adjacent to an activating group) is 2. The molecule has 2 aliphatic carbocycles. The molecule has 1 fully saturated rings. The van der Waals surface area contributed by atoms with E-state index < -0.39 is 11.6 Å². The summed E-state index contributed by atoms with van der Waals surface area (Å²) < 4.78 is 35.6. The molecule has 35 heavy (non-hydrogen) atoms. The Balaban J connectivity index is 1.44. The van der Waals surface area contributed by atoms with Crippen LogP contribution in [-0.4, -0.2) is 61.5 Å². The van der Waals surface area contributed by atoms with Gasteiger partial charge in [-0.25, -0.2) is 8.78 Å². The summed E-state index contributed by atoms with van der Waals surface area (Å²) in [7, 11) is 5.91. The van der Waals surface area contributed by atoms with E-state index in [0.29, 0.717) is 42.6 Å². The lowest BCUT2D eigenvalue weighted by Crippen LogP contribution is -2.29. The van der Waals surface area contributed by atoms with Gasteiger partial charge >= 0.3 is 6.01 Å². The lowest BCUT2D eigenvalue weighted by molar-refractivity contribution is 0.404. The van der Waals surface area contributed by atoms with Crippen LogP contribution in [0.15, 0.2) is 34.3 Å². The molecule has 2 aromatic rings. The maximum atomic E-state index is 15.2. The molecule has 0 saturated heterocycles. The molecule has 3 aliphatic rings. The lowest BCUT2D eigenvalue weighted by Gasteiger charge is -2.21. The van der Waals surface area contributed by atoms with Gasteiger partial charge < -0.3 is 19.9 Å². The number of benzene rings is 1. The fourth-order valence-electron chi connectivity index (χ4n) is 4.27. The number of aliphatic imine (C=N–C) groups is 1. The van der Waals surface area contributed by atoms with E-state index in [4.69, 9.17) is 4.74 Å². The Morgan fingerprint density at radius 1 is 1.09 bits per heavy atom. The van der Waals surface area contributed by atoms with Gasteiger partial charge in [0, 0.05) is 43.4 Å². The number of hydrogen-bond donors (Lipinski definition) is 1. The van der Waals surface area contributed by atoms with Crippen LogP contribution in [0.25, 0.3) is 6.08 Å². The van der Waals surface area contributed by atoms with Gasteiger partial charge in [0.2, 0.25) is 0 Å². The van der Waals surface area contributed by atoms with Crippen LogP contribution in [0.2, 0.25) is 0 Å². The van der Waals surface area contributed by atoms with Gasteiger partial charge in [-0.2, -0.15) is 9.97 Å². The summed E-state index contributed by atoms with van der Waals surface area (Å²) in [6.45, 7) is 4.07. The smallest absolute Gasteiger partial charge is 0.326 e. The summed E-state index contributed by atoms with van der Waals surface area (Å²) in [5.74, 6) is 1.10. The SMILES string of the molecule is CC1=Cc2c(F)c(Oc3nc(NC4=NCC(C5CC5)=C4)cc(N(C)CCN(C)C)n3)cc(F)c2C1. The van der Waals surface area contributed by atoms with Crippen LogP contribution in [0.3, 0.4) is 0 Å². The van der Waals surface area contributed by atoms with Gasteiger partial charge in [0.15, 0.2) is 11.6 Å². The second-order valence-electron chi connectivity index (χ2n) is 9.77. The normalized spacial score (nSPS) is 16.7. The highest BCUT2D eigenvalue weighted by Gasteiger charge is 2.28. The number of anilines is 2. The molecule has 1 N–H and O–H groups in total. The highest BCUT2D eigenvalue weighted by Crippen LogP contribution is 2.38. The molecule has 0 unspecified atom stereocenters. The molecular weight excluding hydrogens is 450 g/mol. The Morgan fingerprint density at radius 3 is 2.63 bits per heavy atom. The van der Waals surface area contributed by atoms with Crippen LogP contribution < -0.4 is 15.0 Å². The monoisotopic (exact) mass is 480 g/mol. The molecule has 0 bridgehead atoms. The Labute approximate surface area is 204 Å². The zero-order valence-electron chi connectivity index (χ0n) is 20.5. The molecule has 5 rings (SSSR count). The fourth-order valence-corrected chi connectivity index (χ4v) is 4.27. The van der Waals surface area contributed by atoms with Crippen LogP contribution in [0, 0.1) is 17.6 Å². The minimum absolute atomic E-state index is 0.0661. The van der Waals surface area contributed by atoms with Crippen molar-refractivity contribution < 1.29 is 13.5 Å². The molecular formula is C26H30F2N6O. The van der Waals surface area contributed by atoms with Crippen molar-refractivity contribution in [3.63, 3.8) is 0 Å². The van der Waals surface area contributed by atoms with E-state index in [-0.39, 0.29) is 17.3 Å². The molecule has 1 saturated carbocycles. The van der Waals surface area contributed by atoms with Gasteiger partial charge in [-0.3, -0.25) is 4.99 Å². The number of nitrogens with one attached hydrogen (secondary N) is 1. The Kier molecular flexibility index (Phi) is 6.27. The first kappa shape index (κ1) is 23.4. The van der Waals surface area contributed by atoms with Crippen molar-refractivity contribution in [3.8, 4) is 11.8 Å². The maximum absolute atomic E-state index is 15.2. The molecule has 0 spiro atoms. The topological polar surface area (TPSA) is 65.9 Å². The maximum Gasteiger partial charge on any atom is 0.326 e. The third kappa shape index (κ3) is 5.19. The van der Waals surface area contributed by atoms with Crippen molar-refractivity contribution in [2.45, 2.75) is 26.2 Å². The first-order valence-corrected chi connectivity index (χ1v) is 11.9. The van der Waals surface area contributed by atoms with E-state index in [0.717, 1.165) is 24.0 Å². The number of nitrogens with zero attached hydrogens (tertiary/aromatic N) is 5. The van der Waals surface area contributed by atoms with Gasteiger partial charge in [-0.15, -0.1) is 0 Å². The summed E-state index contributed by atoms with van der Waals surface area (Å²) >= 11 is 0. The van der Waals surface area contributed by atoms with Crippen LogP contribution >= 0.6 is 0 Å². The first-order valence-electron chi connectivity index (χ1n) is 11.9. The number of hydrogen-bond acceptors (Lipinski definition) is 7. The van der Waals surface area contributed by atoms with Gasteiger partial charge in [0.05, 0.1) is 6.54 Å². The molecule has 184 valence electrons. The van der Waals surface area contributed by atoms with Gasteiger partial charge in [-0.1, -0.05) is 11.6 Å². The van der Waals surface area contributed by atoms with Crippen molar-refractivity contribution in [2.75, 3.05) is 51.0 Å². The second-order valence-corrected chi connectivity index (χ2v) is 9.77. The lowest BCUT2D eigenvalue weighted by atomic mass is 10.1. The molecule has 1 aromatic carbocycles. The number of allylic oxidation sites excluding steroid dienone is 1. The van der Waals surface area contributed by atoms with Crippen molar-refractivity contribution in [1.29, 1.82) is 0 Å². The van der Waals surface area contributed by atoms with E-state index in [9.17, 15) is 4.39 Å². The van der Waals surface area contributed by atoms with Gasteiger partial charge in [-0.05, 0) is 57.8 Å². The number of aromatic nitrogens is 2. The predicted molar refractivity (Wildman–Crippen MR) is 134 cm³/mol. The number of halogens is 2. The van der Waals surface area contributed by atoms with Crippen LogP contribution in [0.5, 0.6) is 11.8 Å². The largest absolute Gasteiger partial charge is 0.421 e. The standard InChI is InChI=1S/C26H30F2N6O/c1-15-9-18-19(10-15)25(28)21(12-20(18)27)35-26-31-23(13-24(32-26)34(4)8-7-33(2)3)30-22-11-17(14-29-22)16-5-6-16/h10-13,16H,5-9,14H2,1-4H3,(H,29,30,31,32). The van der Waals surface area contributed by atoms with E-state index in [1.807, 2.05) is 33.0 Å². The number of ether oxygens (including phenoxy) is 1. The van der Waals surface area contributed by atoms with Gasteiger partial charge in [0.25, 0.3) is 0 Å². The third-order valence-corrected chi connectivity index (χ3v) is 6.45. The molecule has 7 nitrogen and oxygen atoms in total. The Bertz CT molecular complexity index is 1250. The van der Waals surface area contributed by atoms with E-state index >= 15 is 4.39 Å². The third-order valence-electron chi connectivity index (χ3n) is 6.45. The molecule has 2 heterocycles. The number of fused-ring (bicyclic) bond motifs is 1. The van der Waals surface area contributed by atoms with Crippen LogP contribution in [-0.2, 0) is 6.42 Å². The summed E-state index contributed by atoms with van der Waals surface area (Å²) in [5.41, 5.74) is 2.82. The highest BCUT2D eigenvalue weighted by molar-refractivity contribution is 6.05. The van der Waals surface area contributed by atoms with E-state index in [1.54, 1.807) is 12.1 Å². The highest BCUT2D eigenvalue weighted by atomic mass is 19.1. The fraction of sp³-hybridized carbons (Fsp3) is 0.423. The molecule has 0 radical (unpaired) electrons. The van der Waals surface area contributed by atoms with Crippen LogP contribution in [0.4, 0.5) is 20.4 Å². The zero-order valence-corrected chi connectivity index (χ0v) is 20.5. The molecule has 1 aromatic heterocycles. The molecule has 1 aliphatic heterocycles. The molecule has 0 amide bonds. The summed E-state index contributed by atoms with van der Waals surface area (Å²) in [6, 6.07) is 2.81. The van der Waals surface area contributed by atoms with E-state index in [2.05, 4.69) is 31.3 Å². The van der Waals surface area contributed by atoms with Gasteiger partial charge in [0.1, 0.15) is 23.3 Å². The van der Waals surface area contributed by atoms with Crippen molar-refractivity contribution in [1.82, 2.24) is 14.9 Å². The predicted octanol–water partition coefficient (Wildman–Crippen LogP) is 4.66. The molecule has 9 heteroatoms. The summed E-state index contributed by atoms with van der Waals surface area (Å²) in [4.78, 5) is 17.5. The second kappa shape index (κ2) is 9.37. The molecule has 0 atom stereocenters. The Morgan fingerprint density at radius 2 is 1.89 bits per heavy atom. The van der Waals surface area contributed by atoms with Crippen molar-refractivity contribution in [3.05, 3.63) is 52.1 Å².